The average molecular weight is 236 g/mol. The van der Waals surface area contributed by atoms with Crippen LogP contribution in [-0.4, -0.2) is 24.5 Å². The van der Waals surface area contributed by atoms with E-state index in [-0.39, 0.29) is 5.91 Å². The molecular weight excluding hydrogens is 220 g/mol. The van der Waals surface area contributed by atoms with Crippen LogP contribution in [0.3, 0.4) is 0 Å². The largest absolute Gasteiger partial charge is 0.398 e. The minimum atomic E-state index is 0.175. The number of fused-ring (bicyclic) bond motifs is 1. The lowest BCUT2D eigenvalue weighted by Gasteiger charge is -2.17. The van der Waals surface area contributed by atoms with Crippen LogP contribution in [0.5, 0.6) is 0 Å². The van der Waals surface area contributed by atoms with Gasteiger partial charge >= 0.3 is 0 Å². The van der Waals surface area contributed by atoms with Crippen LogP contribution >= 0.6 is 11.8 Å². The highest BCUT2D eigenvalue weighted by molar-refractivity contribution is 7.99. The van der Waals surface area contributed by atoms with Crippen LogP contribution in [0.25, 0.3) is 0 Å². The van der Waals surface area contributed by atoms with E-state index < -0.39 is 0 Å². The first-order valence-electron chi connectivity index (χ1n) is 5.31. The summed E-state index contributed by atoms with van der Waals surface area (Å²) < 4.78 is 0. The Kier molecular flexibility index (Phi) is 3.10. The summed E-state index contributed by atoms with van der Waals surface area (Å²) in [6.45, 7) is 2.79. The molecule has 1 aromatic rings. The Bertz CT molecular complexity index is 431. The molecule has 1 amide bonds. The van der Waals surface area contributed by atoms with E-state index in [4.69, 9.17) is 5.73 Å². The first-order valence-corrected chi connectivity index (χ1v) is 6.71. The van der Waals surface area contributed by atoms with Crippen molar-refractivity contribution in [1.29, 1.82) is 0 Å². The third-order valence-corrected chi connectivity index (χ3v) is 3.47. The normalized spacial score (nSPS) is 14.0. The number of carbonyl (C=O) groups is 1. The fourth-order valence-corrected chi connectivity index (χ4v) is 2.44. The van der Waals surface area contributed by atoms with Crippen molar-refractivity contribution in [2.24, 2.45) is 0 Å². The zero-order valence-corrected chi connectivity index (χ0v) is 10.4. The Balaban J connectivity index is 2.32. The van der Waals surface area contributed by atoms with Gasteiger partial charge in [-0.1, -0.05) is 6.07 Å². The number of hydrogen-bond donors (Lipinski definition) is 1. The highest BCUT2D eigenvalue weighted by Gasteiger charge is 2.24. The van der Waals surface area contributed by atoms with E-state index in [2.05, 4.69) is 6.07 Å². The van der Waals surface area contributed by atoms with Gasteiger partial charge in [-0.2, -0.15) is 11.8 Å². The van der Waals surface area contributed by atoms with Gasteiger partial charge in [0, 0.05) is 17.9 Å². The van der Waals surface area contributed by atoms with Gasteiger partial charge in [0.2, 0.25) is 5.91 Å². The Morgan fingerprint density at radius 3 is 3.00 bits per heavy atom. The molecule has 1 heterocycles. The Hall–Kier alpha value is -1.16. The summed E-state index contributed by atoms with van der Waals surface area (Å²) in [6.07, 6.45) is 2.88. The van der Waals surface area contributed by atoms with E-state index >= 15 is 0 Å². The molecule has 0 atom stereocenters. The van der Waals surface area contributed by atoms with Gasteiger partial charge in [-0.05, 0) is 36.8 Å². The lowest BCUT2D eigenvalue weighted by molar-refractivity contribution is -0.116. The molecule has 2 N–H and O–H groups in total. The second kappa shape index (κ2) is 4.37. The molecule has 0 fully saturated rings. The molecule has 3 nitrogen and oxygen atoms in total. The summed E-state index contributed by atoms with van der Waals surface area (Å²) in [4.78, 5) is 13.7. The zero-order valence-electron chi connectivity index (χ0n) is 9.62. The van der Waals surface area contributed by atoms with E-state index in [0.717, 1.165) is 29.9 Å². The van der Waals surface area contributed by atoms with E-state index in [0.29, 0.717) is 5.75 Å². The standard InChI is InChI=1S/C12H16N2OS/c1-8-5-9-3-4-14(12(15)7-16-2)11(9)6-10(8)13/h5-6H,3-4,7,13H2,1-2H3. The van der Waals surface area contributed by atoms with Crippen LogP contribution in [0.4, 0.5) is 11.4 Å². The smallest absolute Gasteiger partial charge is 0.236 e. The van der Waals surface area contributed by atoms with Crippen LogP contribution in [-0.2, 0) is 11.2 Å². The molecule has 0 radical (unpaired) electrons. The lowest BCUT2D eigenvalue weighted by atomic mass is 10.1. The third kappa shape index (κ3) is 1.89. The monoisotopic (exact) mass is 236 g/mol. The van der Waals surface area contributed by atoms with Crippen LogP contribution in [0.1, 0.15) is 11.1 Å². The van der Waals surface area contributed by atoms with Gasteiger partial charge in [0.05, 0.1) is 5.75 Å². The number of rotatable bonds is 2. The topological polar surface area (TPSA) is 46.3 Å². The summed E-state index contributed by atoms with van der Waals surface area (Å²) in [7, 11) is 0. The first kappa shape index (κ1) is 11.3. The molecule has 1 aromatic carbocycles. The highest BCUT2D eigenvalue weighted by Crippen LogP contribution is 2.32. The van der Waals surface area contributed by atoms with Crippen LogP contribution in [0, 0.1) is 6.92 Å². The first-order chi connectivity index (χ1) is 7.63. The van der Waals surface area contributed by atoms with Gasteiger partial charge < -0.3 is 10.6 Å². The number of benzene rings is 1. The van der Waals surface area contributed by atoms with E-state index in [1.54, 1.807) is 11.8 Å². The summed E-state index contributed by atoms with van der Waals surface area (Å²) >= 11 is 1.56. The number of nitrogens with two attached hydrogens (primary N) is 1. The van der Waals surface area contributed by atoms with Crippen molar-refractivity contribution in [3.8, 4) is 0 Å². The van der Waals surface area contributed by atoms with Crippen molar-refractivity contribution in [2.45, 2.75) is 13.3 Å². The molecule has 0 saturated heterocycles. The van der Waals surface area contributed by atoms with Gasteiger partial charge in [0.25, 0.3) is 0 Å². The molecule has 0 saturated carbocycles. The van der Waals surface area contributed by atoms with Gasteiger partial charge in [0.1, 0.15) is 0 Å². The lowest BCUT2D eigenvalue weighted by Crippen LogP contribution is -2.30. The number of thioether (sulfide) groups is 1. The second-order valence-corrected chi connectivity index (χ2v) is 4.93. The van der Waals surface area contributed by atoms with Crippen LogP contribution < -0.4 is 10.6 Å². The molecule has 4 heteroatoms. The van der Waals surface area contributed by atoms with Gasteiger partial charge in [-0.3, -0.25) is 4.79 Å². The van der Waals surface area contributed by atoms with E-state index in [1.165, 1.54) is 5.56 Å². The molecule has 2 rings (SSSR count). The minimum absolute atomic E-state index is 0.175. The van der Waals surface area contributed by atoms with Crippen molar-refractivity contribution in [3.05, 3.63) is 23.3 Å². The van der Waals surface area contributed by atoms with Gasteiger partial charge in [-0.15, -0.1) is 0 Å². The molecule has 0 bridgehead atoms. The van der Waals surface area contributed by atoms with Crippen molar-refractivity contribution in [3.63, 3.8) is 0 Å². The molecule has 0 aliphatic carbocycles. The van der Waals surface area contributed by atoms with Crippen molar-refractivity contribution in [2.75, 3.05) is 29.2 Å². The summed E-state index contributed by atoms with van der Waals surface area (Å²) in [5.74, 6) is 0.710. The SMILES string of the molecule is CSCC(=O)N1CCc2cc(C)c(N)cc21. The van der Waals surface area contributed by atoms with Gasteiger partial charge in [0.15, 0.2) is 0 Å². The van der Waals surface area contributed by atoms with Crippen LogP contribution in [0.15, 0.2) is 12.1 Å². The Morgan fingerprint density at radius 2 is 2.31 bits per heavy atom. The average Bonchev–Trinajstić information content (AvgIpc) is 2.62. The Morgan fingerprint density at radius 1 is 1.56 bits per heavy atom. The van der Waals surface area contributed by atoms with E-state index in [9.17, 15) is 4.79 Å². The number of anilines is 2. The summed E-state index contributed by atoms with van der Waals surface area (Å²) in [5.41, 5.74) is 9.99. The molecule has 1 aliphatic heterocycles. The molecule has 0 aromatic heterocycles. The second-order valence-electron chi connectivity index (χ2n) is 4.07. The fraction of sp³-hybridized carbons (Fsp3) is 0.417. The maximum absolute atomic E-state index is 11.9. The Labute approximate surface area is 100.0 Å². The molecule has 0 unspecified atom stereocenters. The fourth-order valence-electron chi connectivity index (χ4n) is 2.04. The molecular formula is C12H16N2OS. The number of aryl methyl sites for hydroxylation is 1. The minimum Gasteiger partial charge on any atom is -0.398 e. The molecule has 16 heavy (non-hydrogen) atoms. The highest BCUT2D eigenvalue weighted by atomic mass is 32.2. The maximum atomic E-state index is 11.9. The number of carbonyl (C=O) groups excluding carboxylic acids is 1. The van der Waals surface area contributed by atoms with Crippen LogP contribution in [0.2, 0.25) is 0 Å². The predicted octanol–water partition coefficient (Wildman–Crippen LogP) is 1.83. The number of hydrogen-bond acceptors (Lipinski definition) is 3. The number of nitrogen functional groups attached to an aromatic ring is 1. The number of nitrogens with zero attached hydrogens (tertiary/aromatic N) is 1. The summed E-state index contributed by atoms with van der Waals surface area (Å²) in [6, 6.07) is 4.02. The maximum Gasteiger partial charge on any atom is 0.236 e. The molecule has 86 valence electrons. The van der Waals surface area contributed by atoms with Crippen molar-refractivity contribution >= 4 is 29.0 Å². The molecule has 0 spiro atoms. The van der Waals surface area contributed by atoms with E-state index in [1.807, 2.05) is 24.1 Å². The van der Waals surface area contributed by atoms with Crippen molar-refractivity contribution in [1.82, 2.24) is 0 Å². The third-order valence-electron chi connectivity index (χ3n) is 2.93. The summed E-state index contributed by atoms with van der Waals surface area (Å²) in [5, 5.41) is 0. The quantitative estimate of drug-likeness (QED) is 0.797. The number of amides is 1. The predicted molar refractivity (Wildman–Crippen MR) is 70.0 cm³/mol. The molecule has 1 aliphatic rings. The zero-order chi connectivity index (χ0) is 11.7. The van der Waals surface area contributed by atoms with Gasteiger partial charge in [-0.25, -0.2) is 0 Å². The van der Waals surface area contributed by atoms with Crippen molar-refractivity contribution < 1.29 is 4.79 Å².